The number of aliphatic hydroxyl groups is 3. The summed E-state index contributed by atoms with van der Waals surface area (Å²) >= 11 is 1.69. The molecule has 1 amide bonds. The van der Waals surface area contributed by atoms with Gasteiger partial charge in [-0.05, 0) is 38.6 Å². The van der Waals surface area contributed by atoms with E-state index in [1.165, 1.54) is 25.1 Å². The monoisotopic (exact) mass is 600 g/mol. The lowest BCUT2D eigenvalue weighted by molar-refractivity contribution is -0.180. The van der Waals surface area contributed by atoms with E-state index in [2.05, 4.69) is 0 Å². The second-order valence-corrected chi connectivity index (χ2v) is 13.0. The first-order valence-corrected chi connectivity index (χ1v) is 15.2. The quantitative estimate of drug-likeness (QED) is 0.228. The number of ether oxygens (including phenoxy) is 1. The first kappa shape index (κ1) is 30.1. The topological polar surface area (TPSA) is 188 Å². The normalized spacial score (nSPS) is 31.2. The number of fused-ring (bicyclic) bond motifs is 3. The van der Waals surface area contributed by atoms with Crippen LogP contribution in [0, 0.1) is 11.8 Å². The Morgan fingerprint density at radius 2 is 1.81 bits per heavy atom. The predicted molar refractivity (Wildman–Crippen MR) is 153 cm³/mol. The Kier molecular flexibility index (Phi) is 7.92. The number of phenols is 1. The average Bonchev–Trinajstić information content (AvgIpc) is 3.45. The number of carbonyl (C=O) groups excluding carboxylic acids is 4. The summed E-state index contributed by atoms with van der Waals surface area (Å²) in [5, 5.41) is 46.3. The summed E-state index contributed by atoms with van der Waals surface area (Å²) in [4.78, 5) is 54.6. The van der Waals surface area contributed by atoms with Crippen molar-refractivity contribution in [2.45, 2.75) is 67.9 Å². The van der Waals surface area contributed by atoms with E-state index in [0.29, 0.717) is 16.6 Å². The van der Waals surface area contributed by atoms with Crippen molar-refractivity contribution in [2.24, 2.45) is 17.6 Å². The number of nitrogens with zero attached hydrogens (tertiary/aromatic N) is 1. The van der Waals surface area contributed by atoms with Gasteiger partial charge in [-0.1, -0.05) is 31.9 Å². The van der Waals surface area contributed by atoms with Crippen LogP contribution in [0.4, 0.5) is 0 Å². The lowest BCUT2D eigenvalue weighted by atomic mass is 9.55. The van der Waals surface area contributed by atoms with Crippen molar-refractivity contribution in [3.63, 3.8) is 0 Å². The van der Waals surface area contributed by atoms with Gasteiger partial charge in [0.1, 0.15) is 28.9 Å². The number of phenolic OH excluding ortho intramolecular Hbond substituents is 1. The highest BCUT2D eigenvalue weighted by atomic mass is 32.2. The summed E-state index contributed by atoms with van der Waals surface area (Å²) in [5.74, 6) is -9.02. The molecule has 1 aromatic rings. The van der Waals surface area contributed by atoms with E-state index in [9.17, 15) is 39.6 Å². The van der Waals surface area contributed by atoms with Crippen molar-refractivity contribution in [2.75, 3.05) is 19.8 Å². The van der Waals surface area contributed by atoms with Crippen molar-refractivity contribution in [1.82, 2.24) is 4.90 Å². The van der Waals surface area contributed by atoms with Gasteiger partial charge in [-0.25, -0.2) is 0 Å². The molecule has 1 aromatic carbocycles. The predicted octanol–water partition coefficient (Wildman–Crippen LogP) is 2.27. The third kappa shape index (κ3) is 4.42. The van der Waals surface area contributed by atoms with Gasteiger partial charge in [-0.2, -0.15) is 11.8 Å². The number of ketones is 2. The molecule has 6 N–H and O–H groups in total. The molecule has 1 saturated carbocycles. The summed E-state index contributed by atoms with van der Waals surface area (Å²) in [6.45, 7) is 1.57. The number of primary amides is 1. The van der Waals surface area contributed by atoms with Crippen molar-refractivity contribution >= 4 is 35.2 Å². The molecule has 0 aliphatic heterocycles. The molecule has 0 aromatic heterocycles. The van der Waals surface area contributed by atoms with Gasteiger partial charge >= 0.3 is 5.97 Å². The van der Waals surface area contributed by atoms with Gasteiger partial charge in [0.15, 0.2) is 11.4 Å². The lowest BCUT2D eigenvalue weighted by Gasteiger charge is -2.54. The van der Waals surface area contributed by atoms with Crippen molar-refractivity contribution in [1.29, 1.82) is 0 Å². The van der Waals surface area contributed by atoms with E-state index in [1.807, 2.05) is 0 Å². The standard InChI is InChI=1S/C30H36N2O9S/c1-4-17(34)41-26-19-15(12-42-13-8-5-6-9-13)14-10-7-11-16(33)18(14)24(35)20(19)27(37)30(40)22(26)23(32(2)3)25(36)21(28(30)38)29(31)39/h7,10-11,13,15,19,22-23,26,33,36-37,40H,4-6,8-9,12H2,1-3H3,(H2,31,39)/t15-,19+,22+,23-,26-,30-/m0/s1. The molecule has 0 spiro atoms. The van der Waals surface area contributed by atoms with Crippen LogP contribution in [0.25, 0.3) is 0 Å². The van der Waals surface area contributed by atoms with Crippen LogP contribution in [0.15, 0.2) is 40.9 Å². The molecule has 0 saturated heterocycles. The molecule has 11 nitrogen and oxygen atoms in total. The minimum atomic E-state index is -2.95. The van der Waals surface area contributed by atoms with Gasteiger partial charge in [0.25, 0.3) is 5.91 Å². The van der Waals surface area contributed by atoms with Gasteiger partial charge in [0.05, 0.1) is 17.5 Å². The minimum Gasteiger partial charge on any atom is -0.510 e. The molecule has 6 atom stereocenters. The maximum Gasteiger partial charge on any atom is 0.305 e. The number of aromatic hydroxyl groups is 1. The van der Waals surface area contributed by atoms with Crippen LogP contribution in [0.1, 0.15) is 60.9 Å². The third-order valence-electron chi connectivity index (χ3n) is 9.14. The molecule has 4 aliphatic carbocycles. The first-order valence-electron chi connectivity index (χ1n) is 14.1. The largest absolute Gasteiger partial charge is 0.510 e. The number of benzene rings is 1. The second kappa shape index (κ2) is 11.1. The van der Waals surface area contributed by atoms with Crippen LogP contribution in [0.2, 0.25) is 0 Å². The molecule has 12 heteroatoms. The summed E-state index contributed by atoms with van der Waals surface area (Å²) in [7, 11) is 3.05. The van der Waals surface area contributed by atoms with Gasteiger partial charge in [-0.3, -0.25) is 24.1 Å². The zero-order chi connectivity index (χ0) is 30.7. The van der Waals surface area contributed by atoms with Gasteiger partial charge < -0.3 is 30.9 Å². The summed E-state index contributed by atoms with van der Waals surface area (Å²) < 4.78 is 5.96. The summed E-state index contributed by atoms with van der Waals surface area (Å²) in [6.07, 6.45) is 2.77. The fraction of sp³-hybridized carbons (Fsp3) is 0.533. The number of nitrogens with two attached hydrogens (primary N) is 1. The van der Waals surface area contributed by atoms with Crippen LogP contribution in [0.5, 0.6) is 5.75 Å². The molecule has 5 rings (SSSR count). The van der Waals surface area contributed by atoms with Crippen molar-refractivity contribution in [3.05, 3.63) is 52.0 Å². The van der Waals surface area contributed by atoms with Crippen LogP contribution in [-0.4, -0.2) is 91.6 Å². The van der Waals surface area contributed by atoms with Crippen molar-refractivity contribution < 1.29 is 44.3 Å². The van der Waals surface area contributed by atoms with Crippen LogP contribution in [-0.2, 0) is 19.1 Å². The Hall–Kier alpha value is -3.35. The fourth-order valence-corrected chi connectivity index (χ4v) is 8.78. The fourth-order valence-electron chi connectivity index (χ4n) is 7.24. The number of carbonyl (C=O) groups is 4. The number of esters is 1. The van der Waals surface area contributed by atoms with E-state index in [-0.39, 0.29) is 23.3 Å². The molecular weight excluding hydrogens is 564 g/mol. The van der Waals surface area contributed by atoms with Crippen LogP contribution in [0.3, 0.4) is 0 Å². The molecule has 0 radical (unpaired) electrons. The van der Waals surface area contributed by atoms with Crippen molar-refractivity contribution in [3.8, 4) is 5.75 Å². The molecule has 42 heavy (non-hydrogen) atoms. The van der Waals surface area contributed by atoms with Gasteiger partial charge in [-0.15, -0.1) is 0 Å². The summed E-state index contributed by atoms with van der Waals surface area (Å²) in [6, 6.07) is 3.34. The number of aliphatic hydroxyl groups excluding tert-OH is 2. The number of rotatable bonds is 7. The average molecular weight is 601 g/mol. The SMILES string of the molecule is CCC(=O)O[C@H]1[C@H]2C(=C(O)[C@]3(O)C(=O)C(C(N)=O)=C(O)[C@@H](N(C)C)[C@H]13)C(=O)c1c(O)cccc1[C@@H]2CSC1CCCC1. The lowest BCUT2D eigenvalue weighted by Crippen LogP contribution is -2.69. The third-order valence-corrected chi connectivity index (χ3v) is 10.6. The molecule has 226 valence electrons. The maximum absolute atomic E-state index is 14.1. The van der Waals surface area contributed by atoms with E-state index in [4.69, 9.17) is 10.5 Å². The highest BCUT2D eigenvalue weighted by molar-refractivity contribution is 7.99. The zero-order valence-electron chi connectivity index (χ0n) is 23.7. The Balaban J connectivity index is 1.80. The van der Waals surface area contributed by atoms with Crippen LogP contribution >= 0.6 is 11.8 Å². The smallest absolute Gasteiger partial charge is 0.305 e. The van der Waals surface area contributed by atoms with E-state index in [1.54, 1.807) is 30.8 Å². The molecule has 4 aliphatic rings. The Bertz CT molecular complexity index is 1410. The maximum atomic E-state index is 14.1. The number of likely N-dealkylation sites (N-methyl/N-ethyl adjacent to an activating group) is 1. The Labute approximate surface area is 247 Å². The zero-order valence-corrected chi connectivity index (χ0v) is 24.5. The van der Waals surface area contributed by atoms with Crippen LogP contribution < -0.4 is 5.73 Å². The number of Topliss-reactive ketones (excluding diaryl/α,β-unsaturated/α-hetero) is 2. The summed E-state index contributed by atoms with van der Waals surface area (Å²) in [5.41, 5.74) is 1.63. The highest BCUT2D eigenvalue weighted by Crippen LogP contribution is 2.57. The molecule has 0 heterocycles. The first-order chi connectivity index (χ1) is 19.9. The number of amides is 1. The Morgan fingerprint density at radius 1 is 1.14 bits per heavy atom. The highest BCUT2D eigenvalue weighted by Gasteiger charge is 2.68. The Morgan fingerprint density at radius 3 is 2.40 bits per heavy atom. The molecule has 0 bridgehead atoms. The number of hydrogen-bond acceptors (Lipinski definition) is 11. The van der Waals surface area contributed by atoms with Gasteiger partial charge in [0, 0.05) is 34.8 Å². The molecular formula is C30H36N2O9S. The number of thioether (sulfide) groups is 1. The van der Waals surface area contributed by atoms with Gasteiger partial charge in [0.2, 0.25) is 5.78 Å². The van der Waals surface area contributed by atoms with E-state index >= 15 is 0 Å². The molecule has 0 unspecified atom stereocenters. The van der Waals surface area contributed by atoms with E-state index in [0.717, 1.165) is 25.7 Å². The molecule has 1 fully saturated rings. The van der Waals surface area contributed by atoms with E-state index < -0.39 is 76.0 Å². The minimum absolute atomic E-state index is 0.0683. The second-order valence-electron chi connectivity index (χ2n) is 11.7. The number of hydrogen-bond donors (Lipinski definition) is 5.